The Balaban J connectivity index is 0.795. The summed E-state index contributed by atoms with van der Waals surface area (Å²) < 4.78 is 0. The van der Waals surface area contributed by atoms with Gasteiger partial charge in [0.1, 0.15) is 0 Å². The summed E-state index contributed by atoms with van der Waals surface area (Å²) in [5.41, 5.74) is 33.6. The third-order valence-electron chi connectivity index (χ3n) is 22.7. The average molecular weight is 1400 g/mol. The van der Waals surface area contributed by atoms with Gasteiger partial charge in [0, 0.05) is 56.4 Å². The molecule has 0 spiro atoms. The molecule has 1 aromatic heterocycles. The van der Waals surface area contributed by atoms with Crippen LogP contribution in [0.2, 0.25) is 0 Å². The van der Waals surface area contributed by atoms with Crippen LogP contribution in [0.1, 0.15) is 44.5 Å². The molecule has 2 aliphatic carbocycles. The maximum atomic E-state index is 6.17. The standard InChI is InChI=1S/C106H72N4/c1-9-29-81(30-10-1)105(82-31-11-2-12-32-82)97-47-27-25-45-93(97)95-67-61-79(71-99(95)105)91-69-70-92(80-62-68-96-94-46-26-28-48-98(94)106(100(96)72-80,83-33-13-3-14-34-83)84-35-15-4-16-36-84)104-103(91)107-101(77-53-49-73(50-54-77)75-57-63-89(64-58-75)109(85-37-17-5-18-38-85)86-39-19-6-20-40-86)102(108-104)78-55-51-74(52-56-78)76-59-65-90(66-60-76)110(87-41-21-7-22-42-87)88-43-23-8-24-44-88/h1-72H. The topological polar surface area (TPSA) is 32.3 Å². The maximum absolute atomic E-state index is 6.17. The molecule has 1 heterocycles. The number of hydrogen-bond acceptors (Lipinski definition) is 4. The molecule has 0 atom stereocenters. The maximum Gasteiger partial charge on any atom is 0.0979 e. The van der Waals surface area contributed by atoms with Crippen LogP contribution in [0.15, 0.2) is 437 Å². The Bertz CT molecular complexity index is 5830. The molecule has 18 aromatic rings. The molecule has 110 heavy (non-hydrogen) atoms. The molecule has 0 saturated carbocycles. The van der Waals surface area contributed by atoms with Gasteiger partial charge in [-0.15, -0.1) is 0 Å². The highest BCUT2D eigenvalue weighted by molar-refractivity contribution is 6.05. The van der Waals surface area contributed by atoms with Crippen molar-refractivity contribution in [1.29, 1.82) is 0 Å². The van der Waals surface area contributed by atoms with Crippen LogP contribution in [0.3, 0.4) is 0 Å². The number of benzene rings is 17. The Morgan fingerprint density at radius 1 is 0.164 bits per heavy atom. The van der Waals surface area contributed by atoms with E-state index in [0.717, 1.165) is 112 Å². The van der Waals surface area contributed by atoms with Gasteiger partial charge in [0.2, 0.25) is 0 Å². The van der Waals surface area contributed by atoms with Crippen LogP contribution in [-0.4, -0.2) is 9.97 Å². The Morgan fingerprint density at radius 3 is 0.682 bits per heavy atom. The zero-order valence-corrected chi connectivity index (χ0v) is 60.4. The molecular weight excluding hydrogens is 1330 g/mol. The SMILES string of the molecule is c1ccc(N(c2ccccc2)c2ccc(-c3ccc(-c4nc5c(-c6ccc7c(c6)C(c6ccccc6)(c6ccccc6)c6ccccc6-7)ccc(-c6ccc7c(c6)C(c6ccccc6)(c6ccccc6)c6ccccc6-7)c5nc4-c4ccc(-c5ccc(N(c6ccccc6)c6ccccc6)cc5)cc4)cc3)cc2)cc1. The molecule has 4 heteroatoms. The van der Waals surface area contributed by atoms with E-state index < -0.39 is 10.8 Å². The van der Waals surface area contributed by atoms with Crippen molar-refractivity contribution in [3.63, 3.8) is 0 Å². The minimum absolute atomic E-state index is 0.625. The molecule has 0 N–H and O–H groups in total. The summed E-state index contributed by atoms with van der Waals surface area (Å²) in [5, 5.41) is 0. The van der Waals surface area contributed by atoms with Gasteiger partial charge in [0.25, 0.3) is 0 Å². The highest BCUT2D eigenvalue weighted by Gasteiger charge is 2.48. The fraction of sp³-hybridized carbons (Fsp3) is 0.0189. The van der Waals surface area contributed by atoms with Crippen LogP contribution in [0, 0.1) is 0 Å². The van der Waals surface area contributed by atoms with E-state index in [1.165, 1.54) is 66.8 Å². The lowest BCUT2D eigenvalue weighted by Gasteiger charge is -2.34. The van der Waals surface area contributed by atoms with Crippen molar-refractivity contribution in [3.8, 4) is 89.3 Å². The number of aromatic nitrogens is 2. The molecule has 0 radical (unpaired) electrons. The number of para-hydroxylation sites is 4. The highest BCUT2D eigenvalue weighted by atomic mass is 15.1. The first-order chi connectivity index (χ1) is 54.6. The highest BCUT2D eigenvalue weighted by Crippen LogP contribution is 2.59. The van der Waals surface area contributed by atoms with Gasteiger partial charge in [-0.2, -0.15) is 0 Å². The van der Waals surface area contributed by atoms with E-state index in [4.69, 9.17) is 9.97 Å². The van der Waals surface area contributed by atoms with Crippen LogP contribution < -0.4 is 9.80 Å². The molecule has 0 amide bonds. The number of anilines is 6. The summed E-state index contributed by atoms with van der Waals surface area (Å²) >= 11 is 0. The second-order valence-electron chi connectivity index (χ2n) is 28.6. The third kappa shape index (κ3) is 11.0. The van der Waals surface area contributed by atoms with E-state index in [9.17, 15) is 0 Å². The van der Waals surface area contributed by atoms with Crippen LogP contribution in [0.5, 0.6) is 0 Å². The van der Waals surface area contributed by atoms with Crippen LogP contribution in [0.25, 0.3) is 100 Å². The Hall–Kier alpha value is -14.3. The third-order valence-corrected chi connectivity index (χ3v) is 22.7. The van der Waals surface area contributed by atoms with Crippen LogP contribution in [0.4, 0.5) is 34.1 Å². The van der Waals surface area contributed by atoms with Gasteiger partial charge in [-0.05, 0) is 185 Å². The molecule has 2 aliphatic rings. The van der Waals surface area contributed by atoms with Gasteiger partial charge >= 0.3 is 0 Å². The van der Waals surface area contributed by atoms with Gasteiger partial charge in [-0.25, -0.2) is 9.97 Å². The molecule has 0 fully saturated rings. The van der Waals surface area contributed by atoms with E-state index in [1.54, 1.807) is 0 Å². The predicted octanol–water partition coefficient (Wildman–Crippen LogP) is 27.3. The molecule has 17 aromatic carbocycles. The summed E-state index contributed by atoms with van der Waals surface area (Å²) in [6.45, 7) is 0. The van der Waals surface area contributed by atoms with E-state index in [1.807, 2.05) is 0 Å². The fourth-order valence-electron chi connectivity index (χ4n) is 17.7. The molecule has 20 rings (SSSR count). The summed E-state index contributed by atoms with van der Waals surface area (Å²) in [5.74, 6) is 0. The predicted molar refractivity (Wildman–Crippen MR) is 456 cm³/mol. The monoisotopic (exact) mass is 1400 g/mol. The summed E-state index contributed by atoms with van der Waals surface area (Å²) in [6, 6.07) is 159. The lowest BCUT2D eigenvalue weighted by Crippen LogP contribution is -2.28. The van der Waals surface area contributed by atoms with Crippen molar-refractivity contribution in [2.24, 2.45) is 0 Å². The lowest BCUT2D eigenvalue weighted by atomic mass is 9.67. The number of hydrogen-bond donors (Lipinski definition) is 0. The lowest BCUT2D eigenvalue weighted by molar-refractivity contribution is 0.769. The Morgan fingerprint density at radius 2 is 0.382 bits per heavy atom. The molecule has 4 nitrogen and oxygen atoms in total. The minimum atomic E-state index is -0.625. The van der Waals surface area contributed by atoms with Crippen molar-refractivity contribution in [2.45, 2.75) is 10.8 Å². The van der Waals surface area contributed by atoms with E-state index in [0.29, 0.717) is 0 Å². The zero-order chi connectivity index (χ0) is 73.0. The van der Waals surface area contributed by atoms with Crippen molar-refractivity contribution in [3.05, 3.63) is 481 Å². The van der Waals surface area contributed by atoms with Gasteiger partial charge < -0.3 is 9.80 Å². The van der Waals surface area contributed by atoms with Crippen LogP contribution in [-0.2, 0) is 10.8 Å². The Kier molecular flexibility index (Phi) is 16.3. The second-order valence-corrected chi connectivity index (χ2v) is 28.6. The average Bonchev–Trinajstić information content (AvgIpc) is 1.52. The van der Waals surface area contributed by atoms with Crippen LogP contribution >= 0.6 is 0 Å². The summed E-state index contributed by atoms with van der Waals surface area (Å²) in [6.07, 6.45) is 0. The quantitative estimate of drug-likeness (QED) is 0.0965. The van der Waals surface area contributed by atoms with Gasteiger partial charge in [-0.3, -0.25) is 0 Å². The summed E-state index contributed by atoms with van der Waals surface area (Å²) in [4.78, 5) is 17.0. The number of rotatable bonds is 16. The van der Waals surface area contributed by atoms with Crippen molar-refractivity contribution >= 4 is 45.2 Å². The first kappa shape index (κ1) is 65.2. The first-order valence-corrected chi connectivity index (χ1v) is 37.8. The first-order valence-electron chi connectivity index (χ1n) is 37.8. The smallest absolute Gasteiger partial charge is 0.0979 e. The fourth-order valence-corrected chi connectivity index (χ4v) is 17.7. The van der Waals surface area contributed by atoms with Gasteiger partial charge in [-0.1, -0.05) is 352 Å². The molecular formula is C106H72N4. The van der Waals surface area contributed by atoms with Gasteiger partial charge in [0.15, 0.2) is 0 Å². The van der Waals surface area contributed by atoms with E-state index >= 15 is 0 Å². The van der Waals surface area contributed by atoms with Crippen molar-refractivity contribution in [2.75, 3.05) is 9.80 Å². The molecule has 0 saturated heterocycles. The summed E-state index contributed by atoms with van der Waals surface area (Å²) in [7, 11) is 0. The molecule has 0 unspecified atom stereocenters. The van der Waals surface area contributed by atoms with E-state index in [-0.39, 0.29) is 0 Å². The molecule has 0 aliphatic heterocycles. The van der Waals surface area contributed by atoms with Gasteiger partial charge in [0.05, 0.1) is 33.3 Å². The van der Waals surface area contributed by atoms with Crippen molar-refractivity contribution in [1.82, 2.24) is 9.97 Å². The molecule has 516 valence electrons. The van der Waals surface area contributed by atoms with Crippen molar-refractivity contribution < 1.29 is 0 Å². The minimum Gasteiger partial charge on any atom is -0.311 e. The number of nitrogens with zero attached hydrogens (tertiary/aromatic N) is 4. The zero-order valence-electron chi connectivity index (χ0n) is 60.4. The largest absolute Gasteiger partial charge is 0.311 e. The molecule has 0 bridgehead atoms. The second kappa shape index (κ2) is 27.5. The Labute approximate surface area is 642 Å². The normalized spacial score (nSPS) is 12.7. The number of fused-ring (bicyclic) bond motifs is 7. The van der Waals surface area contributed by atoms with E-state index in [2.05, 4.69) is 447 Å².